The van der Waals surface area contributed by atoms with Crippen molar-refractivity contribution in [3.63, 3.8) is 0 Å². The van der Waals surface area contributed by atoms with Gasteiger partial charge in [0, 0.05) is 17.4 Å². The van der Waals surface area contributed by atoms with E-state index in [1.165, 1.54) is 0 Å². The third kappa shape index (κ3) is 1.64. The van der Waals surface area contributed by atoms with E-state index >= 15 is 0 Å². The van der Waals surface area contributed by atoms with Crippen LogP contribution in [0.25, 0.3) is 11.4 Å². The molecule has 2 rings (SSSR count). The molecule has 0 aliphatic heterocycles. The fraction of sp³-hybridized carbons (Fsp3) is 0. The van der Waals surface area contributed by atoms with Gasteiger partial charge >= 0.3 is 0 Å². The molecule has 0 fully saturated rings. The molecule has 0 amide bonds. The highest BCUT2D eigenvalue weighted by molar-refractivity contribution is 5.59. The Hall–Kier alpha value is -2.10. The third-order valence-electron chi connectivity index (χ3n) is 1.85. The van der Waals surface area contributed by atoms with Gasteiger partial charge in [0.25, 0.3) is 0 Å². The Balaban J connectivity index is 2.44. The molecule has 1 aromatic heterocycles. The van der Waals surface area contributed by atoms with Crippen molar-refractivity contribution in [2.24, 2.45) is 0 Å². The standard InChI is InChI=1S/C10H10N4/c11-8-3-1-7(2-4-8)10-13-6-5-9(12)14-10/h1-6H,11H2,(H2,12,13,14). The van der Waals surface area contributed by atoms with E-state index in [9.17, 15) is 0 Å². The number of hydrogen-bond acceptors (Lipinski definition) is 4. The summed E-state index contributed by atoms with van der Waals surface area (Å²) in [7, 11) is 0. The molecule has 70 valence electrons. The Morgan fingerprint density at radius 2 is 1.64 bits per heavy atom. The molecule has 0 spiro atoms. The first kappa shape index (κ1) is 8.50. The second-order valence-electron chi connectivity index (χ2n) is 2.93. The SMILES string of the molecule is Nc1ccc(-c2nccc(N)n2)cc1. The van der Waals surface area contributed by atoms with E-state index in [2.05, 4.69) is 9.97 Å². The van der Waals surface area contributed by atoms with Gasteiger partial charge in [0.1, 0.15) is 5.82 Å². The number of anilines is 2. The molecule has 14 heavy (non-hydrogen) atoms. The number of hydrogen-bond donors (Lipinski definition) is 2. The summed E-state index contributed by atoms with van der Waals surface area (Å²) in [5, 5.41) is 0. The van der Waals surface area contributed by atoms with E-state index in [-0.39, 0.29) is 0 Å². The second-order valence-corrected chi connectivity index (χ2v) is 2.93. The maximum atomic E-state index is 5.57. The molecule has 1 heterocycles. The highest BCUT2D eigenvalue weighted by atomic mass is 14.9. The predicted molar refractivity (Wildman–Crippen MR) is 56.3 cm³/mol. The molecule has 1 aromatic carbocycles. The molecule has 0 saturated heterocycles. The zero-order valence-corrected chi connectivity index (χ0v) is 7.51. The zero-order valence-electron chi connectivity index (χ0n) is 7.51. The molecule has 0 bridgehead atoms. The van der Waals surface area contributed by atoms with Crippen LogP contribution in [0.3, 0.4) is 0 Å². The van der Waals surface area contributed by atoms with Gasteiger partial charge in [-0.15, -0.1) is 0 Å². The normalized spacial score (nSPS) is 10.0. The highest BCUT2D eigenvalue weighted by Gasteiger charge is 1.99. The van der Waals surface area contributed by atoms with Crippen molar-refractivity contribution < 1.29 is 0 Å². The summed E-state index contributed by atoms with van der Waals surface area (Å²) in [6.45, 7) is 0. The van der Waals surface area contributed by atoms with Crippen LogP contribution in [0.1, 0.15) is 0 Å². The minimum absolute atomic E-state index is 0.465. The lowest BCUT2D eigenvalue weighted by Gasteiger charge is -2.00. The van der Waals surface area contributed by atoms with Crippen molar-refractivity contribution in [3.8, 4) is 11.4 Å². The van der Waals surface area contributed by atoms with Crippen LogP contribution in [0, 0.1) is 0 Å². The number of benzene rings is 1. The van der Waals surface area contributed by atoms with Crippen molar-refractivity contribution in [2.75, 3.05) is 11.5 Å². The Morgan fingerprint density at radius 3 is 2.29 bits per heavy atom. The molecule has 0 saturated carbocycles. The van der Waals surface area contributed by atoms with Crippen molar-refractivity contribution in [1.29, 1.82) is 0 Å². The average Bonchev–Trinajstić information content (AvgIpc) is 2.19. The lowest BCUT2D eigenvalue weighted by Crippen LogP contribution is -1.94. The fourth-order valence-electron chi connectivity index (χ4n) is 1.14. The number of nitrogen functional groups attached to an aromatic ring is 2. The van der Waals surface area contributed by atoms with Crippen molar-refractivity contribution in [1.82, 2.24) is 9.97 Å². The zero-order chi connectivity index (χ0) is 9.97. The summed E-state index contributed by atoms with van der Waals surface area (Å²) in [4.78, 5) is 8.21. The van der Waals surface area contributed by atoms with Crippen LogP contribution < -0.4 is 11.5 Å². The quantitative estimate of drug-likeness (QED) is 0.658. The van der Waals surface area contributed by atoms with Gasteiger partial charge in [-0.3, -0.25) is 0 Å². The lowest BCUT2D eigenvalue weighted by molar-refractivity contribution is 1.18. The van der Waals surface area contributed by atoms with Crippen molar-refractivity contribution in [3.05, 3.63) is 36.5 Å². The van der Waals surface area contributed by atoms with E-state index in [0.717, 1.165) is 11.3 Å². The second kappa shape index (κ2) is 3.33. The largest absolute Gasteiger partial charge is 0.399 e. The predicted octanol–water partition coefficient (Wildman–Crippen LogP) is 1.31. The van der Waals surface area contributed by atoms with Gasteiger partial charge in [-0.2, -0.15) is 0 Å². The Morgan fingerprint density at radius 1 is 0.929 bits per heavy atom. The molecular formula is C10H10N4. The molecular weight excluding hydrogens is 176 g/mol. The van der Waals surface area contributed by atoms with Crippen LogP contribution in [0.5, 0.6) is 0 Å². The summed E-state index contributed by atoms with van der Waals surface area (Å²) in [5.74, 6) is 1.08. The first-order valence-electron chi connectivity index (χ1n) is 4.20. The molecule has 4 nitrogen and oxygen atoms in total. The van der Waals surface area contributed by atoms with Gasteiger partial charge < -0.3 is 11.5 Å². The number of nitrogens with zero attached hydrogens (tertiary/aromatic N) is 2. The van der Waals surface area contributed by atoms with Gasteiger partial charge in [0.2, 0.25) is 0 Å². The first-order valence-corrected chi connectivity index (χ1v) is 4.20. The Kier molecular flexibility index (Phi) is 2.02. The van der Waals surface area contributed by atoms with E-state index in [4.69, 9.17) is 11.5 Å². The van der Waals surface area contributed by atoms with E-state index in [0.29, 0.717) is 11.6 Å². The summed E-state index contributed by atoms with van der Waals surface area (Å²) < 4.78 is 0. The summed E-state index contributed by atoms with van der Waals surface area (Å²) in [5.41, 5.74) is 12.7. The molecule has 4 heteroatoms. The summed E-state index contributed by atoms with van der Waals surface area (Å²) in [6.07, 6.45) is 1.63. The molecule has 0 unspecified atom stereocenters. The fourth-order valence-corrected chi connectivity index (χ4v) is 1.14. The average molecular weight is 186 g/mol. The van der Waals surface area contributed by atoms with E-state index in [1.807, 2.05) is 24.3 Å². The van der Waals surface area contributed by atoms with Crippen molar-refractivity contribution >= 4 is 11.5 Å². The van der Waals surface area contributed by atoms with Crippen LogP contribution in [-0.2, 0) is 0 Å². The maximum absolute atomic E-state index is 5.57. The topological polar surface area (TPSA) is 77.8 Å². The van der Waals surface area contributed by atoms with Gasteiger partial charge in [-0.25, -0.2) is 9.97 Å². The monoisotopic (exact) mass is 186 g/mol. The summed E-state index contributed by atoms with van der Waals surface area (Å²) in [6, 6.07) is 9.00. The molecule has 0 aliphatic carbocycles. The number of rotatable bonds is 1. The van der Waals surface area contributed by atoms with Gasteiger partial charge in [-0.05, 0) is 30.3 Å². The summed E-state index contributed by atoms with van der Waals surface area (Å²) >= 11 is 0. The van der Waals surface area contributed by atoms with Crippen LogP contribution in [0.15, 0.2) is 36.5 Å². The molecule has 2 aromatic rings. The molecule has 0 radical (unpaired) electrons. The minimum Gasteiger partial charge on any atom is -0.399 e. The van der Waals surface area contributed by atoms with Crippen LogP contribution in [-0.4, -0.2) is 9.97 Å². The number of aromatic nitrogens is 2. The Labute approximate surface area is 81.6 Å². The van der Waals surface area contributed by atoms with Gasteiger partial charge in [0.05, 0.1) is 0 Å². The molecule has 0 aliphatic rings. The van der Waals surface area contributed by atoms with Crippen LogP contribution in [0.2, 0.25) is 0 Å². The van der Waals surface area contributed by atoms with E-state index in [1.54, 1.807) is 12.3 Å². The Bertz CT molecular complexity index is 436. The van der Waals surface area contributed by atoms with E-state index < -0.39 is 0 Å². The third-order valence-corrected chi connectivity index (χ3v) is 1.85. The highest BCUT2D eigenvalue weighted by Crippen LogP contribution is 2.16. The van der Waals surface area contributed by atoms with Gasteiger partial charge in [0.15, 0.2) is 5.82 Å². The molecule has 0 atom stereocenters. The molecule has 4 N–H and O–H groups in total. The van der Waals surface area contributed by atoms with Gasteiger partial charge in [-0.1, -0.05) is 0 Å². The minimum atomic E-state index is 0.465. The van der Waals surface area contributed by atoms with Crippen LogP contribution >= 0.6 is 0 Å². The smallest absolute Gasteiger partial charge is 0.161 e. The number of nitrogens with two attached hydrogens (primary N) is 2. The maximum Gasteiger partial charge on any atom is 0.161 e. The first-order chi connectivity index (χ1) is 6.75. The lowest BCUT2D eigenvalue weighted by atomic mass is 10.2. The van der Waals surface area contributed by atoms with Crippen molar-refractivity contribution in [2.45, 2.75) is 0 Å². The van der Waals surface area contributed by atoms with Crippen LogP contribution in [0.4, 0.5) is 11.5 Å².